The van der Waals surface area contributed by atoms with E-state index in [1.165, 1.54) is 25.3 Å². The fraction of sp³-hybridized carbons (Fsp3) is 0.800. The molecule has 0 N–H and O–H groups in total. The largest absolute Gasteiger partial charge is 0.392 e. The van der Waals surface area contributed by atoms with E-state index in [4.69, 9.17) is 0 Å². The van der Waals surface area contributed by atoms with Crippen molar-refractivity contribution in [3.05, 3.63) is 12.2 Å². The van der Waals surface area contributed by atoms with Gasteiger partial charge in [0.15, 0.2) is 0 Å². The van der Waals surface area contributed by atoms with Crippen LogP contribution in [0.5, 0.6) is 0 Å². The Morgan fingerprint density at radius 2 is 1.69 bits per heavy atom. The van der Waals surface area contributed by atoms with E-state index in [9.17, 15) is 13.2 Å². The lowest BCUT2D eigenvalue weighted by Crippen LogP contribution is -2.06. The van der Waals surface area contributed by atoms with E-state index in [1.807, 2.05) is 0 Å². The number of alkyl halides is 3. The first kappa shape index (κ1) is 10.6. The molecule has 1 saturated carbocycles. The van der Waals surface area contributed by atoms with Crippen molar-refractivity contribution in [3.8, 4) is 0 Å². The van der Waals surface area contributed by atoms with E-state index in [2.05, 4.69) is 0 Å². The van der Waals surface area contributed by atoms with Gasteiger partial charge in [-0.15, -0.1) is 0 Å². The molecule has 13 heavy (non-hydrogen) atoms. The third kappa shape index (κ3) is 4.96. The molecule has 0 heterocycles. The minimum absolute atomic E-state index is 0.399. The Morgan fingerprint density at radius 1 is 1.08 bits per heavy atom. The summed E-state index contributed by atoms with van der Waals surface area (Å²) < 4.78 is 35.3. The quantitative estimate of drug-likeness (QED) is 0.578. The molecule has 0 amide bonds. The van der Waals surface area contributed by atoms with Crippen LogP contribution in [0.3, 0.4) is 0 Å². The molecule has 0 aliphatic heterocycles. The molecule has 1 aliphatic carbocycles. The van der Waals surface area contributed by atoms with Crippen molar-refractivity contribution in [2.24, 2.45) is 5.92 Å². The Kier molecular flexibility index (Phi) is 3.82. The topological polar surface area (TPSA) is 0 Å². The van der Waals surface area contributed by atoms with Gasteiger partial charge in [0.2, 0.25) is 0 Å². The number of halogens is 3. The third-order valence-corrected chi connectivity index (χ3v) is 2.41. The zero-order valence-electron chi connectivity index (χ0n) is 7.61. The molecule has 1 rings (SSSR count). The Hall–Kier alpha value is -0.470. The molecule has 0 spiro atoms. The van der Waals surface area contributed by atoms with Crippen LogP contribution in [0.4, 0.5) is 13.2 Å². The SMILES string of the molecule is FC(F)(F)C/C=C/C1CCCCC1. The highest BCUT2D eigenvalue weighted by Crippen LogP contribution is 2.26. The number of allylic oxidation sites excluding steroid dienone is 2. The van der Waals surface area contributed by atoms with Crippen LogP contribution in [0.25, 0.3) is 0 Å². The van der Waals surface area contributed by atoms with Crippen molar-refractivity contribution in [3.63, 3.8) is 0 Å². The van der Waals surface area contributed by atoms with Gasteiger partial charge in [0.1, 0.15) is 0 Å². The van der Waals surface area contributed by atoms with Gasteiger partial charge < -0.3 is 0 Å². The lowest BCUT2D eigenvalue weighted by Gasteiger charge is -2.17. The molecule has 76 valence electrons. The highest BCUT2D eigenvalue weighted by Gasteiger charge is 2.24. The van der Waals surface area contributed by atoms with Gasteiger partial charge in [-0.3, -0.25) is 0 Å². The predicted octanol–water partition coefficient (Wildman–Crippen LogP) is 4.08. The molecule has 0 aromatic rings. The maximum Gasteiger partial charge on any atom is 0.392 e. The van der Waals surface area contributed by atoms with E-state index in [1.54, 1.807) is 6.08 Å². The van der Waals surface area contributed by atoms with Crippen LogP contribution in [0.15, 0.2) is 12.2 Å². The van der Waals surface area contributed by atoms with Gasteiger partial charge in [-0.1, -0.05) is 31.4 Å². The van der Waals surface area contributed by atoms with Gasteiger partial charge in [0.05, 0.1) is 6.42 Å². The summed E-state index contributed by atoms with van der Waals surface area (Å²) in [6.45, 7) is 0. The van der Waals surface area contributed by atoms with E-state index >= 15 is 0 Å². The first-order valence-corrected chi connectivity index (χ1v) is 4.81. The van der Waals surface area contributed by atoms with Gasteiger partial charge in [-0.25, -0.2) is 0 Å². The van der Waals surface area contributed by atoms with Gasteiger partial charge >= 0.3 is 6.18 Å². The van der Waals surface area contributed by atoms with Crippen molar-refractivity contribution in [1.29, 1.82) is 0 Å². The second kappa shape index (κ2) is 4.68. The lowest BCUT2D eigenvalue weighted by atomic mass is 9.89. The Morgan fingerprint density at radius 3 is 2.23 bits per heavy atom. The van der Waals surface area contributed by atoms with E-state index in [-0.39, 0.29) is 0 Å². The Bertz CT molecular complexity index is 163. The van der Waals surface area contributed by atoms with Gasteiger partial charge in [0.25, 0.3) is 0 Å². The molecule has 3 heteroatoms. The average molecular weight is 192 g/mol. The third-order valence-electron chi connectivity index (χ3n) is 2.41. The van der Waals surface area contributed by atoms with Gasteiger partial charge in [-0.05, 0) is 18.8 Å². The normalized spacial score (nSPS) is 21.2. The Balaban J connectivity index is 2.22. The first-order valence-electron chi connectivity index (χ1n) is 4.81. The van der Waals surface area contributed by atoms with Crippen LogP contribution >= 0.6 is 0 Å². The summed E-state index contributed by atoms with van der Waals surface area (Å²) in [6.07, 6.45) is 3.91. The standard InChI is InChI=1S/C10H15F3/c11-10(12,13)8-4-7-9-5-2-1-3-6-9/h4,7,9H,1-3,5-6,8H2/b7-4+. The monoisotopic (exact) mass is 192 g/mol. The molecular weight excluding hydrogens is 177 g/mol. The summed E-state index contributed by atoms with van der Waals surface area (Å²) in [4.78, 5) is 0. The zero-order chi connectivity index (χ0) is 9.73. The lowest BCUT2D eigenvalue weighted by molar-refractivity contribution is -0.125. The molecule has 0 radical (unpaired) electrons. The first-order chi connectivity index (χ1) is 6.08. The summed E-state index contributed by atoms with van der Waals surface area (Å²) in [5, 5.41) is 0. The summed E-state index contributed by atoms with van der Waals surface area (Å²) in [6, 6.07) is 0. The molecular formula is C10H15F3. The predicted molar refractivity (Wildman–Crippen MR) is 46.4 cm³/mol. The molecule has 0 unspecified atom stereocenters. The fourth-order valence-corrected chi connectivity index (χ4v) is 1.72. The molecule has 0 aromatic heterocycles. The fourth-order valence-electron chi connectivity index (χ4n) is 1.72. The molecule has 0 atom stereocenters. The van der Waals surface area contributed by atoms with Crippen molar-refractivity contribution >= 4 is 0 Å². The summed E-state index contributed by atoms with van der Waals surface area (Å²) in [5.41, 5.74) is 0. The highest BCUT2D eigenvalue weighted by molar-refractivity contribution is 4.91. The van der Waals surface area contributed by atoms with Crippen LogP contribution in [0.1, 0.15) is 38.5 Å². The van der Waals surface area contributed by atoms with E-state index in [0.717, 1.165) is 12.8 Å². The highest BCUT2D eigenvalue weighted by atomic mass is 19.4. The molecule has 1 fully saturated rings. The second-order valence-corrected chi connectivity index (χ2v) is 3.65. The zero-order valence-corrected chi connectivity index (χ0v) is 7.61. The Labute approximate surface area is 76.8 Å². The smallest absolute Gasteiger partial charge is 0.171 e. The number of rotatable bonds is 2. The van der Waals surface area contributed by atoms with Crippen molar-refractivity contribution in [1.82, 2.24) is 0 Å². The maximum atomic E-state index is 11.8. The number of hydrogen-bond donors (Lipinski definition) is 0. The van der Waals surface area contributed by atoms with E-state index in [0.29, 0.717) is 5.92 Å². The molecule has 0 aromatic carbocycles. The van der Waals surface area contributed by atoms with Crippen LogP contribution in [0.2, 0.25) is 0 Å². The van der Waals surface area contributed by atoms with Crippen LogP contribution in [-0.4, -0.2) is 6.18 Å². The van der Waals surface area contributed by atoms with Crippen LogP contribution < -0.4 is 0 Å². The van der Waals surface area contributed by atoms with Crippen molar-refractivity contribution < 1.29 is 13.2 Å². The molecule has 0 nitrogen and oxygen atoms in total. The minimum Gasteiger partial charge on any atom is -0.171 e. The summed E-state index contributed by atoms with van der Waals surface area (Å²) in [5.74, 6) is 0.399. The van der Waals surface area contributed by atoms with Crippen molar-refractivity contribution in [2.75, 3.05) is 0 Å². The second-order valence-electron chi connectivity index (χ2n) is 3.65. The van der Waals surface area contributed by atoms with E-state index < -0.39 is 12.6 Å². The van der Waals surface area contributed by atoms with Crippen molar-refractivity contribution in [2.45, 2.75) is 44.7 Å². The van der Waals surface area contributed by atoms with Gasteiger partial charge in [0, 0.05) is 0 Å². The molecule has 1 aliphatic rings. The summed E-state index contributed by atoms with van der Waals surface area (Å²) in [7, 11) is 0. The minimum atomic E-state index is -4.04. The summed E-state index contributed by atoms with van der Waals surface area (Å²) >= 11 is 0. The molecule has 0 saturated heterocycles. The van der Waals surface area contributed by atoms with Crippen LogP contribution in [0, 0.1) is 5.92 Å². The molecule has 0 bridgehead atoms. The average Bonchev–Trinajstić information content (AvgIpc) is 2.04. The number of hydrogen-bond acceptors (Lipinski definition) is 0. The van der Waals surface area contributed by atoms with Crippen LogP contribution in [-0.2, 0) is 0 Å². The maximum absolute atomic E-state index is 11.8. The van der Waals surface area contributed by atoms with Gasteiger partial charge in [-0.2, -0.15) is 13.2 Å².